The molecule has 184 valence electrons. The smallest absolute Gasteiger partial charge is 0.315 e. The van der Waals surface area contributed by atoms with Gasteiger partial charge in [0.05, 0.1) is 13.2 Å². The van der Waals surface area contributed by atoms with Gasteiger partial charge < -0.3 is 19.3 Å². The van der Waals surface area contributed by atoms with Crippen molar-refractivity contribution in [2.75, 3.05) is 13.7 Å². The molecular weight excluding hydrogens is 436 g/mol. The number of methoxy groups -OCH3 is 1. The van der Waals surface area contributed by atoms with Crippen molar-refractivity contribution in [3.05, 3.63) is 65.7 Å². The number of hydrogen-bond acceptors (Lipinski definition) is 4. The predicted molar refractivity (Wildman–Crippen MR) is 138 cm³/mol. The van der Waals surface area contributed by atoms with E-state index < -0.39 is 6.48 Å². The summed E-state index contributed by atoms with van der Waals surface area (Å²) in [6.07, 6.45) is 8.01. The summed E-state index contributed by atoms with van der Waals surface area (Å²) in [5, 5.41) is 12.2. The molecule has 0 aliphatic heterocycles. The van der Waals surface area contributed by atoms with Crippen molar-refractivity contribution in [3.63, 3.8) is 0 Å². The van der Waals surface area contributed by atoms with Crippen LogP contribution in [0.5, 0.6) is 5.75 Å². The van der Waals surface area contributed by atoms with Crippen LogP contribution < -0.4 is 4.74 Å². The van der Waals surface area contributed by atoms with Gasteiger partial charge in [-0.3, -0.25) is 0 Å². The third-order valence-corrected chi connectivity index (χ3v) is 8.77. The fourth-order valence-electron chi connectivity index (χ4n) is 7.73. The lowest BCUT2D eigenvalue weighted by Gasteiger charge is -2.57. The largest absolute Gasteiger partial charge is 0.441 e. The van der Waals surface area contributed by atoms with Gasteiger partial charge in [0.1, 0.15) is 5.75 Å². The molecule has 4 saturated carbocycles. The van der Waals surface area contributed by atoms with Crippen molar-refractivity contribution in [3.8, 4) is 16.9 Å². The quantitative estimate of drug-likeness (QED) is 0.366. The van der Waals surface area contributed by atoms with Crippen molar-refractivity contribution in [2.24, 2.45) is 17.8 Å². The van der Waals surface area contributed by atoms with Crippen molar-refractivity contribution in [1.29, 1.82) is 0 Å². The molecule has 3 aromatic carbocycles. The Hall–Kier alpha value is -2.40. The van der Waals surface area contributed by atoms with Gasteiger partial charge in [-0.05, 0) is 114 Å². The molecule has 0 spiro atoms. The molecule has 7 rings (SSSR count). The molecule has 0 amide bonds. The average molecular weight is 473 g/mol. The summed E-state index contributed by atoms with van der Waals surface area (Å²) in [6.45, 7) is 1.82. The van der Waals surface area contributed by atoms with Crippen molar-refractivity contribution >= 4 is 10.8 Å². The van der Waals surface area contributed by atoms with E-state index in [9.17, 15) is 5.11 Å². The molecular formula is C31H36O4. The van der Waals surface area contributed by atoms with Gasteiger partial charge in [0.2, 0.25) is 0 Å². The molecule has 1 N–H and O–H groups in total. The Labute approximate surface area is 208 Å². The minimum Gasteiger partial charge on any atom is -0.441 e. The monoisotopic (exact) mass is 472 g/mol. The zero-order valence-corrected chi connectivity index (χ0v) is 20.8. The van der Waals surface area contributed by atoms with Gasteiger partial charge in [-0.15, -0.1) is 0 Å². The molecule has 35 heavy (non-hydrogen) atoms. The zero-order valence-electron chi connectivity index (χ0n) is 20.8. The average Bonchev–Trinajstić information content (AvgIpc) is 2.87. The first-order valence-electron chi connectivity index (χ1n) is 13.2. The SMILES string of the molecule is CCOC(OC)Oc1cc2ccc(-c3ccccc3CO)cc2cc1C12CC3CC(CC(C3)C1)C2. The van der Waals surface area contributed by atoms with Crippen LogP contribution in [0.15, 0.2) is 54.6 Å². The lowest BCUT2D eigenvalue weighted by molar-refractivity contribution is -0.231. The summed E-state index contributed by atoms with van der Waals surface area (Å²) >= 11 is 0. The Morgan fingerprint density at radius 2 is 1.63 bits per heavy atom. The fourth-order valence-corrected chi connectivity index (χ4v) is 7.73. The molecule has 0 aromatic heterocycles. The van der Waals surface area contributed by atoms with Crippen LogP contribution in [-0.2, 0) is 21.5 Å². The van der Waals surface area contributed by atoms with Gasteiger partial charge in [-0.1, -0.05) is 36.4 Å². The second kappa shape index (κ2) is 9.24. The lowest BCUT2D eigenvalue weighted by atomic mass is 9.48. The van der Waals surface area contributed by atoms with Crippen molar-refractivity contribution in [2.45, 2.75) is 63.9 Å². The molecule has 1 unspecified atom stereocenters. The van der Waals surface area contributed by atoms with E-state index >= 15 is 0 Å². The summed E-state index contributed by atoms with van der Waals surface area (Å²) in [5.74, 6) is 3.44. The molecule has 3 aromatic rings. The molecule has 4 bridgehead atoms. The number of benzene rings is 3. The van der Waals surface area contributed by atoms with Crippen LogP contribution in [0.25, 0.3) is 21.9 Å². The summed E-state index contributed by atoms with van der Waals surface area (Å²) in [5.41, 5.74) is 4.69. The highest BCUT2D eigenvalue weighted by Gasteiger charge is 2.52. The van der Waals surface area contributed by atoms with E-state index in [1.807, 2.05) is 25.1 Å². The van der Waals surface area contributed by atoms with Crippen LogP contribution in [-0.4, -0.2) is 25.3 Å². The van der Waals surface area contributed by atoms with E-state index in [4.69, 9.17) is 14.2 Å². The highest BCUT2D eigenvalue weighted by atomic mass is 16.8. The third kappa shape index (κ3) is 4.16. The molecule has 4 nitrogen and oxygen atoms in total. The summed E-state index contributed by atoms with van der Waals surface area (Å²) < 4.78 is 17.6. The van der Waals surface area contributed by atoms with Crippen LogP contribution in [0.2, 0.25) is 0 Å². The van der Waals surface area contributed by atoms with Crippen LogP contribution in [0.3, 0.4) is 0 Å². The summed E-state index contributed by atoms with van der Waals surface area (Å²) in [7, 11) is 1.64. The number of rotatable bonds is 8. The first-order valence-corrected chi connectivity index (χ1v) is 13.2. The lowest BCUT2D eigenvalue weighted by Crippen LogP contribution is -2.48. The van der Waals surface area contributed by atoms with E-state index in [1.54, 1.807) is 7.11 Å². The van der Waals surface area contributed by atoms with Gasteiger partial charge in [-0.2, -0.15) is 0 Å². The van der Waals surface area contributed by atoms with E-state index in [2.05, 4.69) is 36.4 Å². The van der Waals surface area contributed by atoms with Crippen molar-refractivity contribution in [1.82, 2.24) is 0 Å². The second-order valence-corrected chi connectivity index (χ2v) is 11.0. The van der Waals surface area contributed by atoms with E-state index in [-0.39, 0.29) is 12.0 Å². The second-order valence-electron chi connectivity index (χ2n) is 11.0. The molecule has 0 saturated heterocycles. The Balaban J connectivity index is 1.48. The van der Waals surface area contributed by atoms with Crippen LogP contribution in [0.1, 0.15) is 56.6 Å². The van der Waals surface area contributed by atoms with Crippen LogP contribution in [0.4, 0.5) is 0 Å². The van der Waals surface area contributed by atoms with Crippen molar-refractivity contribution < 1.29 is 19.3 Å². The van der Waals surface area contributed by atoms with Gasteiger partial charge in [0.25, 0.3) is 0 Å². The van der Waals surface area contributed by atoms with E-state index in [0.717, 1.165) is 45.6 Å². The minimum absolute atomic E-state index is 0.0371. The molecule has 4 heteroatoms. The van der Waals surface area contributed by atoms with Gasteiger partial charge in [0.15, 0.2) is 0 Å². The predicted octanol–water partition coefficient (Wildman–Crippen LogP) is 6.81. The Kier molecular flexibility index (Phi) is 6.08. The number of aliphatic hydroxyl groups excluding tert-OH is 1. The number of aliphatic hydroxyl groups is 1. The topological polar surface area (TPSA) is 47.9 Å². The maximum Gasteiger partial charge on any atom is 0.315 e. The molecule has 4 aliphatic rings. The Bertz CT molecular complexity index is 1180. The Morgan fingerprint density at radius 3 is 2.29 bits per heavy atom. The molecule has 4 fully saturated rings. The van der Waals surface area contributed by atoms with Gasteiger partial charge >= 0.3 is 6.48 Å². The van der Waals surface area contributed by atoms with Gasteiger partial charge in [-0.25, -0.2) is 0 Å². The molecule has 1 atom stereocenters. The molecule has 0 radical (unpaired) electrons. The maximum atomic E-state index is 9.88. The van der Waals surface area contributed by atoms with Gasteiger partial charge in [0, 0.05) is 12.7 Å². The Morgan fingerprint density at radius 1 is 0.914 bits per heavy atom. The maximum absolute atomic E-state index is 9.88. The van der Waals surface area contributed by atoms with Crippen LogP contribution in [0, 0.1) is 17.8 Å². The van der Waals surface area contributed by atoms with E-state index in [1.165, 1.54) is 49.5 Å². The first-order chi connectivity index (χ1) is 17.1. The fraction of sp³-hybridized carbons (Fsp3) is 0.484. The minimum atomic E-state index is -0.708. The summed E-state index contributed by atoms with van der Waals surface area (Å²) in [6, 6.07) is 19.3. The number of hydrogen-bond donors (Lipinski definition) is 1. The highest BCUT2D eigenvalue weighted by Crippen LogP contribution is 2.62. The molecule has 4 aliphatic carbocycles. The van der Waals surface area contributed by atoms with Crippen LogP contribution >= 0.6 is 0 Å². The third-order valence-electron chi connectivity index (χ3n) is 8.77. The standard InChI is InChI=1S/C31H36O4/c1-3-34-30(33-2)35-29-15-23-8-9-24(27-7-5-4-6-25(27)19-32)13-26(23)14-28(29)31-16-20-10-21(17-31)12-22(11-20)18-31/h4-9,13-15,20-22,30,32H,3,10-12,16-19H2,1-2H3. The van der Waals surface area contributed by atoms with E-state index in [0.29, 0.717) is 6.61 Å². The normalized spacial score (nSPS) is 27.9. The summed E-state index contributed by atoms with van der Waals surface area (Å²) in [4.78, 5) is 0. The highest BCUT2D eigenvalue weighted by molar-refractivity contribution is 5.90. The molecule has 0 heterocycles. The number of fused-ring (bicyclic) bond motifs is 1. The number of ether oxygens (including phenoxy) is 3. The first kappa shape index (κ1) is 23.0. The zero-order chi connectivity index (χ0) is 24.0.